The van der Waals surface area contributed by atoms with Crippen LogP contribution in [0, 0.1) is 0 Å². The Morgan fingerprint density at radius 2 is 2.35 bits per heavy atom. The van der Waals surface area contributed by atoms with E-state index >= 15 is 0 Å². The molecule has 23 heavy (non-hydrogen) atoms. The highest BCUT2D eigenvalue weighted by atomic mass is 32.2. The molecule has 0 aromatic carbocycles. The minimum absolute atomic E-state index is 0.124. The summed E-state index contributed by atoms with van der Waals surface area (Å²) in [7, 11) is 0. The molecule has 5 nitrogen and oxygen atoms in total. The molecular weight excluding hydrogens is 330 g/mol. The van der Waals surface area contributed by atoms with Crippen molar-refractivity contribution in [3.63, 3.8) is 0 Å². The van der Waals surface area contributed by atoms with E-state index < -0.39 is 0 Å². The SMILES string of the molecule is CCCn1c(SCc2ccon2)nc2sc3c(c2c1=O)CCC3. The predicted octanol–water partition coefficient (Wildman–Crippen LogP) is 3.64. The largest absolute Gasteiger partial charge is 0.364 e. The zero-order chi connectivity index (χ0) is 15.8. The van der Waals surface area contributed by atoms with E-state index in [0.717, 1.165) is 46.8 Å². The molecule has 0 bridgehead atoms. The van der Waals surface area contributed by atoms with Gasteiger partial charge in [-0.2, -0.15) is 0 Å². The number of rotatable bonds is 5. The lowest BCUT2D eigenvalue weighted by atomic mass is 10.2. The Hall–Kier alpha value is -1.60. The normalized spacial score (nSPS) is 13.8. The zero-order valence-electron chi connectivity index (χ0n) is 12.9. The first-order chi connectivity index (χ1) is 11.3. The van der Waals surface area contributed by atoms with Crippen LogP contribution in [0.25, 0.3) is 10.2 Å². The van der Waals surface area contributed by atoms with Crippen molar-refractivity contribution in [2.75, 3.05) is 0 Å². The highest BCUT2D eigenvalue weighted by Crippen LogP contribution is 2.35. The van der Waals surface area contributed by atoms with Gasteiger partial charge in [0.05, 0.1) is 11.1 Å². The molecule has 0 amide bonds. The number of aryl methyl sites for hydroxylation is 2. The summed E-state index contributed by atoms with van der Waals surface area (Å²) in [6, 6.07) is 1.84. The Bertz CT molecular complexity index is 896. The van der Waals surface area contributed by atoms with Crippen molar-refractivity contribution < 1.29 is 4.52 Å². The van der Waals surface area contributed by atoms with E-state index in [-0.39, 0.29) is 5.56 Å². The number of aromatic nitrogens is 3. The van der Waals surface area contributed by atoms with Gasteiger partial charge in [-0.1, -0.05) is 23.8 Å². The second-order valence-electron chi connectivity index (χ2n) is 5.67. The third-order valence-corrected chi connectivity index (χ3v) is 6.27. The van der Waals surface area contributed by atoms with Crippen molar-refractivity contribution in [3.05, 3.63) is 38.8 Å². The number of fused-ring (bicyclic) bond motifs is 3. The number of hydrogen-bond donors (Lipinski definition) is 0. The van der Waals surface area contributed by atoms with Gasteiger partial charge in [-0.15, -0.1) is 11.3 Å². The van der Waals surface area contributed by atoms with Gasteiger partial charge >= 0.3 is 0 Å². The average molecular weight is 347 g/mol. The number of nitrogens with zero attached hydrogens (tertiary/aromatic N) is 3. The van der Waals surface area contributed by atoms with Crippen LogP contribution >= 0.6 is 23.1 Å². The zero-order valence-corrected chi connectivity index (χ0v) is 14.5. The van der Waals surface area contributed by atoms with Crippen LogP contribution in [0.4, 0.5) is 0 Å². The number of hydrogen-bond acceptors (Lipinski definition) is 6. The van der Waals surface area contributed by atoms with Gasteiger partial charge in [-0.05, 0) is 31.2 Å². The lowest BCUT2D eigenvalue weighted by Gasteiger charge is -2.10. The molecule has 0 fully saturated rings. The Balaban J connectivity index is 1.79. The van der Waals surface area contributed by atoms with Gasteiger partial charge in [0.25, 0.3) is 5.56 Å². The maximum absolute atomic E-state index is 13.0. The van der Waals surface area contributed by atoms with Crippen LogP contribution in [0.3, 0.4) is 0 Å². The molecule has 1 aliphatic rings. The van der Waals surface area contributed by atoms with Crippen molar-refractivity contribution in [2.45, 2.75) is 50.1 Å². The Labute approximate surface area is 141 Å². The van der Waals surface area contributed by atoms with Crippen molar-refractivity contribution >= 4 is 33.3 Å². The van der Waals surface area contributed by atoms with Crippen molar-refractivity contribution in [1.29, 1.82) is 0 Å². The first kappa shape index (κ1) is 15.0. The second-order valence-corrected chi connectivity index (χ2v) is 7.69. The first-order valence-electron chi connectivity index (χ1n) is 7.85. The molecule has 0 aliphatic heterocycles. The Kier molecular flexibility index (Phi) is 3.98. The summed E-state index contributed by atoms with van der Waals surface area (Å²) in [5.74, 6) is 0.656. The van der Waals surface area contributed by atoms with Crippen molar-refractivity contribution in [3.8, 4) is 0 Å². The summed E-state index contributed by atoms with van der Waals surface area (Å²) in [6.45, 7) is 2.79. The lowest BCUT2D eigenvalue weighted by Crippen LogP contribution is -2.23. The van der Waals surface area contributed by atoms with Gasteiger partial charge in [0.15, 0.2) is 5.16 Å². The third kappa shape index (κ3) is 2.61. The van der Waals surface area contributed by atoms with Crippen LogP contribution in [-0.4, -0.2) is 14.7 Å². The maximum Gasteiger partial charge on any atom is 0.263 e. The minimum atomic E-state index is 0.124. The molecule has 0 radical (unpaired) electrons. The van der Waals surface area contributed by atoms with Crippen LogP contribution in [0.5, 0.6) is 0 Å². The van der Waals surface area contributed by atoms with Crippen LogP contribution in [0.15, 0.2) is 26.8 Å². The fraction of sp³-hybridized carbons (Fsp3) is 0.438. The highest BCUT2D eigenvalue weighted by molar-refractivity contribution is 7.98. The standard InChI is InChI=1S/C16H17N3O2S2/c1-2-7-19-15(20)13-11-4-3-5-12(11)23-14(13)17-16(19)22-9-10-6-8-21-18-10/h6,8H,2-5,7,9H2,1H3. The van der Waals surface area contributed by atoms with Crippen LogP contribution in [0.2, 0.25) is 0 Å². The molecule has 120 valence electrons. The fourth-order valence-corrected chi connectivity index (χ4v) is 5.26. The number of thioether (sulfide) groups is 1. The van der Waals surface area contributed by atoms with E-state index in [1.54, 1.807) is 29.4 Å². The summed E-state index contributed by atoms with van der Waals surface area (Å²) >= 11 is 3.24. The molecule has 1 aliphatic carbocycles. The van der Waals surface area contributed by atoms with Crippen molar-refractivity contribution in [2.24, 2.45) is 0 Å². The molecule has 0 atom stereocenters. The van der Waals surface area contributed by atoms with E-state index in [0.29, 0.717) is 12.3 Å². The quantitative estimate of drug-likeness (QED) is 0.521. The van der Waals surface area contributed by atoms with Crippen molar-refractivity contribution in [1.82, 2.24) is 14.7 Å². The van der Waals surface area contributed by atoms with E-state index in [1.165, 1.54) is 10.4 Å². The average Bonchev–Trinajstić information content (AvgIpc) is 3.24. The summed E-state index contributed by atoms with van der Waals surface area (Å²) in [5, 5.41) is 5.57. The van der Waals surface area contributed by atoms with Crippen LogP contribution < -0.4 is 5.56 Å². The molecule has 0 N–H and O–H groups in total. The molecule has 3 heterocycles. The topological polar surface area (TPSA) is 60.9 Å². The van der Waals surface area contributed by atoms with E-state index in [2.05, 4.69) is 12.1 Å². The predicted molar refractivity (Wildman–Crippen MR) is 92.3 cm³/mol. The lowest BCUT2D eigenvalue weighted by molar-refractivity contribution is 0.414. The molecule has 7 heteroatoms. The van der Waals surface area contributed by atoms with E-state index in [4.69, 9.17) is 9.51 Å². The molecule has 3 aromatic rings. The molecule has 3 aromatic heterocycles. The summed E-state index contributed by atoms with van der Waals surface area (Å²) in [6.07, 6.45) is 5.74. The second kappa shape index (κ2) is 6.13. The Morgan fingerprint density at radius 1 is 1.43 bits per heavy atom. The third-order valence-electron chi connectivity index (χ3n) is 4.08. The molecular formula is C16H17N3O2S2. The number of thiophene rings is 1. The van der Waals surface area contributed by atoms with Gasteiger partial charge in [0, 0.05) is 23.2 Å². The fourth-order valence-electron chi connectivity index (χ4n) is 3.04. The summed E-state index contributed by atoms with van der Waals surface area (Å²) in [4.78, 5) is 20.1. The van der Waals surface area contributed by atoms with Crippen LogP contribution in [-0.2, 0) is 25.1 Å². The monoisotopic (exact) mass is 347 g/mol. The molecule has 4 rings (SSSR count). The van der Waals surface area contributed by atoms with Crippen LogP contribution in [0.1, 0.15) is 35.9 Å². The van der Waals surface area contributed by atoms with Gasteiger partial charge in [0.2, 0.25) is 0 Å². The highest BCUT2D eigenvalue weighted by Gasteiger charge is 2.23. The van der Waals surface area contributed by atoms with E-state index in [9.17, 15) is 4.79 Å². The van der Waals surface area contributed by atoms with Gasteiger partial charge in [0.1, 0.15) is 11.1 Å². The van der Waals surface area contributed by atoms with E-state index in [1.807, 2.05) is 10.6 Å². The molecule has 0 unspecified atom stereocenters. The Morgan fingerprint density at radius 3 is 3.13 bits per heavy atom. The minimum Gasteiger partial charge on any atom is -0.364 e. The van der Waals surface area contributed by atoms with Gasteiger partial charge < -0.3 is 4.52 Å². The molecule has 0 saturated heterocycles. The summed E-state index contributed by atoms with van der Waals surface area (Å²) < 4.78 is 6.70. The summed E-state index contributed by atoms with van der Waals surface area (Å²) in [5.41, 5.74) is 2.24. The van der Waals surface area contributed by atoms with Gasteiger partial charge in [-0.25, -0.2) is 4.98 Å². The van der Waals surface area contributed by atoms with Gasteiger partial charge in [-0.3, -0.25) is 9.36 Å². The molecule has 0 spiro atoms. The molecule has 0 saturated carbocycles. The first-order valence-corrected chi connectivity index (χ1v) is 9.65. The maximum atomic E-state index is 13.0. The smallest absolute Gasteiger partial charge is 0.263 e.